The maximum atomic E-state index is 14.8. The van der Waals surface area contributed by atoms with Crippen molar-refractivity contribution in [3.8, 4) is 0 Å². The summed E-state index contributed by atoms with van der Waals surface area (Å²) in [5.74, 6) is -16.5. The van der Waals surface area contributed by atoms with Crippen LogP contribution >= 0.6 is 0 Å². The highest BCUT2D eigenvalue weighted by Gasteiger charge is 2.80. The molecule has 2 aromatic carbocycles. The molecule has 3 nitrogen and oxygen atoms in total. The Kier molecular flexibility index (Phi) is 7.55. The summed E-state index contributed by atoms with van der Waals surface area (Å²) in [5, 5.41) is 0. The van der Waals surface area contributed by atoms with Crippen LogP contribution in [-0.4, -0.2) is 41.0 Å². The topological polar surface area (TPSA) is 29.5 Å². The molecule has 0 saturated heterocycles. The second kappa shape index (κ2) is 9.39. The third-order valence-electron chi connectivity index (χ3n) is 4.35. The fourth-order valence-corrected chi connectivity index (χ4v) is 2.64. The van der Waals surface area contributed by atoms with Crippen molar-refractivity contribution in [2.24, 2.45) is 0 Å². The molecule has 2 aromatic rings. The molecule has 0 radical (unpaired) electrons. The third kappa shape index (κ3) is 5.59. The number of rotatable bonds is 8. The van der Waals surface area contributed by atoms with Crippen molar-refractivity contribution in [3.63, 3.8) is 0 Å². The highest BCUT2D eigenvalue weighted by molar-refractivity contribution is 5.84. The lowest BCUT2D eigenvalue weighted by molar-refractivity contribution is -0.473. The van der Waals surface area contributed by atoms with E-state index in [2.05, 4.69) is 4.74 Å². The van der Waals surface area contributed by atoms with Gasteiger partial charge in [0.2, 0.25) is 0 Å². The maximum Gasteiger partial charge on any atom is 0.462 e. The molecule has 0 aliphatic rings. The molecule has 0 fully saturated rings. The SMILES string of the molecule is O=C(N(Cc1ccccc1)Cc1ccccc1)C(F)(OC(F)(F)C(F)(F)C(F)(F)F)C(F)(F)F. The molecule has 0 bridgehead atoms. The molecule has 0 aliphatic carbocycles. The molecule has 1 unspecified atom stereocenters. The van der Waals surface area contributed by atoms with E-state index in [1.807, 2.05) is 0 Å². The minimum Gasteiger partial charge on any atom is -0.329 e. The normalized spacial score (nSPS) is 15.0. The summed E-state index contributed by atoms with van der Waals surface area (Å²) < 4.78 is 148. The van der Waals surface area contributed by atoms with E-state index in [4.69, 9.17) is 0 Å². The van der Waals surface area contributed by atoms with Crippen LogP contribution < -0.4 is 0 Å². The van der Waals surface area contributed by atoms with Crippen LogP contribution in [0.2, 0.25) is 0 Å². The van der Waals surface area contributed by atoms with Gasteiger partial charge in [0.1, 0.15) is 0 Å². The van der Waals surface area contributed by atoms with Crippen molar-refractivity contribution in [1.82, 2.24) is 4.90 Å². The number of carbonyl (C=O) groups excluding carboxylic acids is 1. The number of amides is 1. The third-order valence-corrected chi connectivity index (χ3v) is 4.35. The Morgan fingerprint density at radius 1 is 0.647 bits per heavy atom. The Hall–Kier alpha value is -2.90. The lowest BCUT2D eigenvalue weighted by Gasteiger charge is -2.36. The second-order valence-corrected chi connectivity index (χ2v) is 6.92. The Balaban J connectivity index is 2.53. The first-order valence-electron chi connectivity index (χ1n) is 9.08. The van der Waals surface area contributed by atoms with Crippen LogP contribution in [0.25, 0.3) is 0 Å². The van der Waals surface area contributed by atoms with Crippen molar-refractivity contribution >= 4 is 5.91 Å². The van der Waals surface area contributed by atoms with E-state index < -0.39 is 49.2 Å². The van der Waals surface area contributed by atoms with Gasteiger partial charge in [0.05, 0.1) is 0 Å². The van der Waals surface area contributed by atoms with Crippen LogP contribution in [0, 0.1) is 0 Å². The molecule has 1 atom stereocenters. The summed E-state index contributed by atoms with van der Waals surface area (Å²) in [6.07, 6.45) is -21.0. The van der Waals surface area contributed by atoms with Crippen LogP contribution in [0.4, 0.5) is 48.3 Å². The zero-order valence-electron chi connectivity index (χ0n) is 16.6. The fourth-order valence-electron chi connectivity index (χ4n) is 2.64. The average molecular weight is 509 g/mol. The molecule has 0 heterocycles. The summed E-state index contributed by atoms with van der Waals surface area (Å²) in [7, 11) is 0. The highest BCUT2D eigenvalue weighted by Crippen LogP contribution is 2.51. The van der Waals surface area contributed by atoms with Gasteiger partial charge in [-0.05, 0) is 11.1 Å². The molecule has 0 aromatic heterocycles. The number of hydrogen-bond donors (Lipinski definition) is 0. The Bertz CT molecular complexity index is 920. The Labute approximate surface area is 184 Å². The number of hydrogen-bond acceptors (Lipinski definition) is 2. The lowest BCUT2D eigenvalue weighted by atomic mass is 10.1. The van der Waals surface area contributed by atoms with Gasteiger partial charge in [0.15, 0.2) is 0 Å². The summed E-state index contributed by atoms with van der Waals surface area (Å²) in [6, 6.07) is 13.4. The summed E-state index contributed by atoms with van der Waals surface area (Å²) >= 11 is 0. The maximum absolute atomic E-state index is 14.8. The van der Waals surface area contributed by atoms with Gasteiger partial charge >= 0.3 is 30.2 Å². The van der Waals surface area contributed by atoms with Gasteiger partial charge in [-0.25, -0.2) is 0 Å². The molecule has 14 heteroatoms. The first kappa shape index (κ1) is 27.3. The zero-order valence-corrected chi connectivity index (χ0v) is 16.6. The molecule has 34 heavy (non-hydrogen) atoms. The van der Waals surface area contributed by atoms with E-state index in [1.54, 1.807) is 0 Å². The van der Waals surface area contributed by atoms with Crippen molar-refractivity contribution in [3.05, 3.63) is 71.8 Å². The standard InChI is InChI=1S/C20H14F11NO2/c21-16(18(24,25)26,34-20(30,31)17(22,23)19(27,28)29)15(33)32(11-13-7-3-1-4-8-13)12-14-9-5-2-6-10-14/h1-10H,11-12H2. The molecule has 188 valence electrons. The van der Waals surface area contributed by atoms with Crippen molar-refractivity contribution in [1.29, 1.82) is 0 Å². The van der Waals surface area contributed by atoms with Crippen LogP contribution in [0.3, 0.4) is 0 Å². The molecule has 1 amide bonds. The summed E-state index contributed by atoms with van der Waals surface area (Å²) in [4.78, 5) is 12.5. The number of alkyl halides is 11. The number of ether oxygens (including phenoxy) is 1. The first-order valence-corrected chi connectivity index (χ1v) is 9.08. The zero-order chi connectivity index (χ0) is 26.0. The Morgan fingerprint density at radius 2 is 1.03 bits per heavy atom. The number of halogens is 11. The molecule has 0 spiro atoms. The van der Waals surface area contributed by atoms with Gasteiger partial charge in [-0.15, -0.1) is 0 Å². The van der Waals surface area contributed by atoms with E-state index in [-0.39, 0.29) is 16.0 Å². The lowest BCUT2D eigenvalue weighted by Crippen LogP contribution is -2.63. The van der Waals surface area contributed by atoms with E-state index in [1.165, 1.54) is 60.7 Å². The highest BCUT2D eigenvalue weighted by atomic mass is 19.4. The minimum atomic E-state index is -7.26. The predicted octanol–water partition coefficient (Wildman–Crippen LogP) is 6.25. The number of carbonyl (C=O) groups is 1. The monoisotopic (exact) mass is 509 g/mol. The molecule has 0 aliphatic heterocycles. The summed E-state index contributed by atoms with van der Waals surface area (Å²) in [6.45, 7) is -1.72. The minimum absolute atomic E-state index is 0.0000317. The largest absolute Gasteiger partial charge is 0.462 e. The quantitative estimate of drug-likeness (QED) is 0.394. The molecule has 0 saturated carbocycles. The van der Waals surface area contributed by atoms with Crippen LogP contribution in [0.1, 0.15) is 11.1 Å². The molecular weight excluding hydrogens is 495 g/mol. The van der Waals surface area contributed by atoms with Gasteiger partial charge < -0.3 is 4.90 Å². The predicted molar refractivity (Wildman–Crippen MR) is 94.1 cm³/mol. The molecular formula is C20H14F11NO2. The van der Waals surface area contributed by atoms with E-state index in [9.17, 15) is 53.1 Å². The second-order valence-electron chi connectivity index (χ2n) is 6.92. The molecule has 2 rings (SSSR count). The van der Waals surface area contributed by atoms with E-state index >= 15 is 0 Å². The van der Waals surface area contributed by atoms with E-state index in [0.29, 0.717) is 0 Å². The van der Waals surface area contributed by atoms with Crippen molar-refractivity contribution in [2.75, 3.05) is 0 Å². The van der Waals surface area contributed by atoms with Gasteiger partial charge in [-0.1, -0.05) is 60.7 Å². The smallest absolute Gasteiger partial charge is 0.329 e. The number of benzene rings is 2. The molecule has 0 N–H and O–H groups in total. The van der Waals surface area contributed by atoms with Gasteiger partial charge in [-0.2, -0.15) is 48.3 Å². The van der Waals surface area contributed by atoms with Crippen LogP contribution in [-0.2, 0) is 22.6 Å². The van der Waals surface area contributed by atoms with Gasteiger partial charge in [-0.3, -0.25) is 9.53 Å². The first-order chi connectivity index (χ1) is 15.4. The van der Waals surface area contributed by atoms with Crippen LogP contribution in [0.5, 0.6) is 0 Å². The van der Waals surface area contributed by atoms with E-state index in [0.717, 1.165) is 0 Å². The average Bonchev–Trinajstić information content (AvgIpc) is 2.72. The number of nitrogens with zero attached hydrogens (tertiary/aromatic N) is 1. The van der Waals surface area contributed by atoms with Gasteiger partial charge in [0, 0.05) is 13.1 Å². The fraction of sp³-hybridized carbons (Fsp3) is 0.350. The Morgan fingerprint density at radius 3 is 1.35 bits per heavy atom. The van der Waals surface area contributed by atoms with Crippen molar-refractivity contribution in [2.45, 2.75) is 43.3 Å². The van der Waals surface area contributed by atoms with Crippen molar-refractivity contribution < 1.29 is 57.8 Å². The summed E-state index contributed by atoms with van der Waals surface area (Å²) in [5.41, 5.74) is 0.118. The van der Waals surface area contributed by atoms with Crippen LogP contribution in [0.15, 0.2) is 60.7 Å². The van der Waals surface area contributed by atoms with Gasteiger partial charge in [0.25, 0.3) is 5.91 Å².